The van der Waals surface area contributed by atoms with E-state index in [1.807, 2.05) is 0 Å². The van der Waals surface area contributed by atoms with Crippen LogP contribution < -0.4 is 5.32 Å². The average molecular weight is 236 g/mol. The molecular weight excluding hydrogens is 212 g/mol. The maximum Gasteiger partial charge on any atom is 0.0645 e. The molecule has 3 heteroatoms. The van der Waals surface area contributed by atoms with Gasteiger partial charge in [0.25, 0.3) is 0 Å². The second kappa shape index (κ2) is 5.69. The largest absolute Gasteiger partial charge is 0.380 e. The monoisotopic (exact) mass is 236 g/mol. The van der Waals surface area contributed by atoms with Crippen molar-refractivity contribution in [2.45, 2.75) is 51.7 Å². The first kappa shape index (κ1) is 12.7. The normalized spacial score (nSPS) is 25.1. The van der Waals surface area contributed by atoms with Gasteiger partial charge in [-0.2, -0.15) is 0 Å². The third-order valence-electron chi connectivity index (χ3n) is 3.45. The second-order valence-electron chi connectivity index (χ2n) is 5.33. The van der Waals surface area contributed by atoms with E-state index in [1.54, 1.807) is 0 Å². The van der Waals surface area contributed by atoms with Crippen molar-refractivity contribution >= 4 is 0 Å². The quantitative estimate of drug-likeness (QED) is 0.850. The average Bonchev–Trinajstić information content (AvgIpc) is 2.76. The predicted molar refractivity (Wildman–Crippen MR) is 70.0 cm³/mol. The molecule has 3 nitrogen and oxygen atoms in total. The van der Waals surface area contributed by atoms with Crippen molar-refractivity contribution in [2.75, 3.05) is 13.2 Å². The zero-order valence-corrected chi connectivity index (χ0v) is 11.0. The maximum absolute atomic E-state index is 5.55. The summed E-state index contributed by atoms with van der Waals surface area (Å²) in [6, 6.07) is 2.20. The van der Waals surface area contributed by atoms with Gasteiger partial charge in [0, 0.05) is 37.6 Å². The Hall–Kier alpha value is -0.800. The van der Waals surface area contributed by atoms with Crippen LogP contribution in [0.15, 0.2) is 18.5 Å². The number of nitrogens with one attached hydrogen (secondary N) is 1. The Labute approximate surface area is 104 Å². The van der Waals surface area contributed by atoms with Gasteiger partial charge in [-0.15, -0.1) is 0 Å². The summed E-state index contributed by atoms with van der Waals surface area (Å²) in [5, 5.41) is 3.63. The number of ether oxygens (including phenoxy) is 1. The van der Waals surface area contributed by atoms with Gasteiger partial charge in [-0.3, -0.25) is 0 Å². The topological polar surface area (TPSA) is 26.2 Å². The third-order valence-corrected chi connectivity index (χ3v) is 3.45. The highest BCUT2D eigenvalue weighted by Crippen LogP contribution is 2.19. The summed E-state index contributed by atoms with van der Waals surface area (Å²) in [5.41, 5.74) is 1.52. The Morgan fingerprint density at radius 2 is 2.41 bits per heavy atom. The van der Waals surface area contributed by atoms with Crippen molar-refractivity contribution in [1.29, 1.82) is 0 Å². The Morgan fingerprint density at radius 1 is 1.53 bits per heavy atom. The van der Waals surface area contributed by atoms with E-state index in [4.69, 9.17) is 4.74 Å². The van der Waals surface area contributed by atoms with E-state index in [9.17, 15) is 0 Å². The summed E-state index contributed by atoms with van der Waals surface area (Å²) < 4.78 is 7.81. The molecule has 0 saturated carbocycles. The van der Waals surface area contributed by atoms with Crippen molar-refractivity contribution < 1.29 is 4.74 Å². The number of aromatic nitrogens is 1. The van der Waals surface area contributed by atoms with Gasteiger partial charge in [0.1, 0.15) is 0 Å². The molecule has 96 valence electrons. The van der Waals surface area contributed by atoms with E-state index in [-0.39, 0.29) is 5.54 Å². The van der Waals surface area contributed by atoms with Gasteiger partial charge in [-0.1, -0.05) is 6.92 Å². The van der Waals surface area contributed by atoms with Gasteiger partial charge < -0.3 is 14.6 Å². The molecule has 1 aliphatic heterocycles. The first-order chi connectivity index (χ1) is 8.22. The predicted octanol–water partition coefficient (Wildman–Crippen LogP) is 2.56. The number of rotatable bonds is 5. The highest BCUT2D eigenvalue weighted by Gasteiger charge is 2.26. The fourth-order valence-electron chi connectivity index (χ4n) is 2.38. The molecule has 1 atom stereocenters. The molecule has 0 amide bonds. The van der Waals surface area contributed by atoms with Crippen LogP contribution in [0.25, 0.3) is 0 Å². The molecule has 1 N–H and O–H groups in total. The van der Waals surface area contributed by atoms with Gasteiger partial charge in [-0.25, -0.2) is 0 Å². The van der Waals surface area contributed by atoms with E-state index < -0.39 is 0 Å². The Bertz CT molecular complexity index is 340. The zero-order chi connectivity index (χ0) is 12.1. The van der Waals surface area contributed by atoms with Crippen LogP contribution >= 0.6 is 0 Å². The summed E-state index contributed by atoms with van der Waals surface area (Å²) in [6.07, 6.45) is 7.97. The van der Waals surface area contributed by atoms with Crippen LogP contribution in [0.4, 0.5) is 0 Å². The maximum atomic E-state index is 5.55. The summed E-state index contributed by atoms with van der Waals surface area (Å²) in [5.74, 6) is 0. The van der Waals surface area contributed by atoms with Crippen LogP contribution in [0.2, 0.25) is 0 Å². The SMILES string of the molecule is CCCn1ccc(CNC2(C)CCCOC2)c1. The first-order valence-corrected chi connectivity index (χ1v) is 6.69. The van der Waals surface area contributed by atoms with Crippen LogP contribution in [0.1, 0.15) is 38.7 Å². The number of hydrogen-bond donors (Lipinski definition) is 1. The molecule has 1 unspecified atom stereocenters. The fraction of sp³-hybridized carbons (Fsp3) is 0.714. The molecule has 1 fully saturated rings. The zero-order valence-electron chi connectivity index (χ0n) is 11.0. The minimum absolute atomic E-state index is 0.158. The van der Waals surface area contributed by atoms with Gasteiger partial charge in [0.15, 0.2) is 0 Å². The molecule has 0 aliphatic carbocycles. The van der Waals surface area contributed by atoms with Crippen molar-refractivity contribution in [1.82, 2.24) is 9.88 Å². The molecule has 2 rings (SSSR count). The molecule has 0 spiro atoms. The number of nitrogens with zero attached hydrogens (tertiary/aromatic N) is 1. The standard InChI is InChI=1S/C14H24N2O/c1-3-7-16-8-5-13(11-16)10-15-14(2)6-4-9-17-12-14/h5,8,11,15H,3-4,6-7,9-10,12H2,1-2H3. The van der Waals surface area contributed by atoms with E-state index in [0.717, 1.165) is 26.3 Å². The smallest absolute Gasteiger partial charge is 0.0645 e. The summed E-state index contributed by atoms with van der Waals surface area (Å²) >= 11 is 0. The molecule has 0 bridgehead atoms. The highest BCUT2D eigenvalue weighted by molar-refractivity contribution is 5.10. The second-order valence-corrected chi connectivity index (χ2v) is 5.33. The molecule has 0 aromatic carbocycles. The van der Waals surface area contributed by atoms with Crippen LogP contribution in [0.5, 0.6) is 0 Å². The highest BCUT2D eigenvalue weighted by atomic mass is 16.5. The number of hydrogen-bond acceptors (Lipinski definition) is 2. The van der Waals surface area contributed by atoms with Crippen LogP contribution in [-0.2, 0) is 17.8 Å². The number of aryl methyl sites for hydroxylation is 1. The molecule has 0 radical (unpaired) electrons. The van der Waals surface area contributed by atoms with Gasteiger partial charge in [-0.05, 0) is 37.8 Å². The van der Waals surface area contributed by atoms with Crippen molar-refractivity contribution in [2.24, 2.45) is 0 Å². The van der Waals surface area contributed by atoms with Gasteiger partial charge in [0.2, 0.25) is 0 Å². The Morgan fingerprint density at radius 3 is 3.12 bits per heavy atom. The van der Waals surface area contributed by atoms with Gasteiger partial charge >= 0.3 is 0 Å². The van der Waals surface area contributed by atoms with Gasteiger partial charge in [0.05, 0.1) is 6.61 Å². The summed E-state index contributed by atoms with van der Waals surface area (Å²) in [7, 11) is 0. The molecule has 1 saturated heterocycles. The van der Waals surface area contributed by atoms with E-state index in [1.165, 1.54) is 24.8 Å². The van der Waals surface area contributed by atoms with E-state index in [2.05, 4.69) is 42.2 Å². The lowest BCUT2D eigenvalue weighted by Crippen LogP contribution is -2.48. The summed E-state index contributed by atoms with van der Waals surface area (Å²) in [4.78, 5) is 0. The molecular formula is C14H24N2O. The van der Waals surface area contributed by atoms with E-state index in [0.29, 0.717) is 0 Å². The van der Waals surface area contributed by atoms with E-state index >= 15 is 0 Å². The van der Waals surface area contributed by atoms with Crippen molar-refractivity contribution in [3.63, 3.8) is 0 Å². The first-order valence-electron chi connectivity index (χ1n) is 6.69. The molecule has 1 aromatic heterocycles. The lowest BCUT2D eigenvalue weighted by atomic mass is 9.95. The van der Waals surface area contributed by atoms with Crippen LogP contribution in [0, 0.1) is 0 Å². The summed E-state index contributed by atoms with van der Waals surface area (Å²) in [6.45, 7) is 8.28. The Balaban J connectivity index is 1.83. The molecule has 2 heterocycles. The fourth-order valence-corrected chi connectivity index (χ4v) is 2.38. The molecule has 17 heavy (non-hydrogen) atoms. The molecule has 1 aliphatic rings. The van der Waals surface area contributed by atoms with Crippen LogP contribution in [-0.4, -0.2) is 23.3 Å². The van der Waals surface area contributed by atoms with Crippen LogP contribution in [0.3, 0.4) is 0 Å². The minimum atomic E-state index is 0.158. The van der Waals surface area contributed by atoms with Crippen molar-refractivity contribution in [3.8, 4) is 0 Å². The lowest BCUT2D eigenvalue weighted by Gasteiger charge is -2.34. The molecule has 1 aromatic rings. The lowest BCUT2D eigenvalue weighted by molar-refractivity contribution is 0.0278. The third kappa shape index (κ3) is 3.58. The Kier molecular flexibility index (Phi) is 4.24. The van der Waals surface area contributed by atoms with Crippen molar-refractivity contribution in [3.05, 3.63) is 24.0 Å². The minimum Gasteiger partial charge on any atom is -0.380 e.